The van der Waals surface area contributed by atoms with Crippen molar-refractivity contribution in [2.24, 2.45) is 0 Å². The molecule has 2 nitrogen and oxygen atoms in total. The van der Waals surface area contributed by atoms with Gasteiger partial charge in [0.05, 0.1) is 11.9 Å². The molecule has 65 valence electrons. The van der Waals surface area contributed by atoms with Crippen LogP contribution in [0.1, 0.15) is 0 Å². The van der Waals surface area contributed by atoms with Gasteiger partial charge in [-0.3, -0.25) is 0 Å². The van der Waals surface area contributed by atoms with E-state index in [1.165, 1.54) is 4.68 Å². The smallest absolute Gasteiger partial charge is 0.171 e. The van der Waals surface area contributed by atoms with E-state index in [9.17, 15) is 4.39 Å². The Morgan fingerprint density at radius 3 is 2.54 bits per heavy atom. The van der Waals surface area contributed by atoms with Crippen LogP contribution >= 0.6 is 15.9 Å². The van der Waals surface area contributed by atoms with Crippen LogP contribution in [-0.4, -0.2) is 9.78 Å². The van der Waals surface area contributed by atoms with Crippen LogP contribution in [0.3, 0.4) is 0 Å². The van der Waals surface area contributed by atoms with Crippen molar-refractivity contribution in [3.8, 4) is 5.69 Å². The normalized spacial score (nSPS) is 10.3. The molecule has 2 rings (SSSR count). The highest BCUT2D eigenvalue weighted by atomic mass is 79.9. The van der Waals surface area contributed by atoms with E-state index in [4.69, 9.17) is 0 Å². The lowest BCUT2D eigenvalue weighted by Crippen LogP contribution is -1.93. The van der Waals surface area contributed by atoms with Gasteiger partial charge in [0.2, 0.25) is 0 Å². The van der Waals surface area contributed by atoms with Gasteiger partial charge in [0.15, 0.2) is 5.82 Å². The summed E-state index contributed by atoms with van der Waals surface area (Å²) in [6.07, 6.45) is 3.56. The van der Waals surface area contributed by atoms with E-state index in [0.29, 0.717) is 0 Å². The molecule has 4 heteroatoms. The first kappa shape index (κ1) is 8.44. The molecule has 1 aromatic heterocycles. The zero-order chi connectivity index (χ0) is 9.26. The Morgan fingerprint density at radius 1 is 1.31 bits per heavy atom. The van der Waals surface area contributed by atoms with Crippen molar-refractivity contribution in [2.75, 3.05) is 0 Å². The molecule has 1 heterocycles. The fourth-order valence-electron chi connectivity index (χ4n) is 0.981. The summed E-state index contributed by atoms with van der Waals surface area (Å²) >= 11 is 3.31. The molecule has 1 radical (unpaired) electrons. The molecule has 0 aliphatic carbocycles. The highest BCUT2D eigenvalue weighted by molar-refractivity contribution is 9.10. The minimum Gasteiger partial charge on any atom is -0.228 e. The number of hydrogen-bond acceptors (Lipinski definition) is 1. The lowest BCUT2D eigenvalue weighted by molar-refractivity contribution is 0.624. The van der Waals surface area contributed by atoms with Crippen LogP contribution in [0.25, 0.3) is 5.69 Å². The second kappa shape index (κ2) is 3.30. The quantitative estimate of drug-likeness (QED) is 0.749. The van der Waals surface area contributed by atoms with Crippen LogP contribution < -0.4 is 0 Å². The summed E-state index contributed by atoms with van der Waals surface area (Å²) in [5.41, 5.74) is 0.784. The van der Waals surface area contributed by atoms with Gasteiger partial charge in [0, 0.05) is 4.47 Å². The molecule has 0 saturated heterocycles. The highest BCUT2D eigenvalue weighted by Gasteiger charge is 1.99. The zero-order valence-corrected chi connectivity index (χ0v) is 8.12. The maximum atomic E-state index is 12.5. The van der Waals surface area contributed by atoms with Crippen LogP contribution in [0.15, 0.2) is 34.9 Å². The Morgan fingerprint density at radius 2 is 2.00 bits per heavy atom. The SMILES string of the molecule is Fc1[c]n(-c2ccc(Br)cc2)nc1. The Bertz CT molecular complexity index is 408. The Labute approximate surface area is 83.1 Å². The molecule has 0 N–H and O–H groups in total. The summed E-state index contributed by atoms with van der Waals surface area (Å²) in [4.78, 5) is 0. The van der Waals surface area contributed by atoms with Crippen LogP contribution in [-0.2, 0) is 0 Å². The third-order valence-electron chi connectivity index (χ3n) is 1.57. The molecular weight excluding hydrogens is 235 g/mol. The second-order valence-corrected chi connectivity index (χ2v) is 3.41. The number of nitrogens with zero attached hydrogens (tertiary/aromatic N) is 2. The van der Waals surface area contributed by atoms with Crippen molar-refractivity contribution in [3.63, 3.8) is 0 Å². The predicted octanol–water partition coefficient (Wildman–Crippen LogP) is 2.57. The summed E-state index contributed by atoms with van der Waals surface area (Å²) in [5, 5.41) is 3.79. The number of rotatable bonds is 1. The Kier molecular flexibility index (Phi) is 2.14. The maximum Gasteiger partial charge on any atom is 0.171 e. The number of halogens is 2. The monoisotopic (exact) mass is 239 g/mol. The van der Waals surface area contributed by atoms with Crippen molar-refractivity contribution in [2.45, 2.75) is 0 Å². The van der Waals surface area contributed by atoms with E-state index >= 15 is 0 Å². The fourth-order valence-corrected chi connectivity index (χ4v) is 1.25. The number of aromatic nitrogens is 2. The molecule has 0 bridgehead atoms. The van der Waals surface area contributed by atoms with Gasteiger partial charge in [0.25, 0.3) is 0 Å². The molecule has 0 aliphatic heterocycles. The first-order chi connectivity index (χ1) is 6.25. The van der Waals surface area contributed by atoms with E-state index in [1.807, 2.05) is 24.3 Å². The minimum absolute atomic E-state index is 0.456. The Hall–Kier alpha value is -1.16. The first-order valence-electron chi connectivity index (χ1n) is 3.64. The number of benzene rings is 1. The summed E-state index contributed by atoms with van der Waals surface area (Å²) in [6.45, 7) is 0. The van der Waals surface area contributed by atoms with Gasteiger partial charge < -0.3 is 0 Å². The van der Waals surface area contributed by atoms with Gasteiger partial charge >= 0.3 is 0 Å². The summed E-state index contributed by atoms with van der Waals surface area (Å²) in [5.74, 6) is -0.456. The molecule has 13 heavy (non-hydrogen) atoms. The van der Waals surface area contributed by atoms with E-state index in [2.05, 4.69) is 27.2 Å². The predicted molar refractivity (Wildman–Crippen MR) is 50.1 cm³/mol. The van der Waals surface area contributed by atoms with Crippen LogP contribution in [0, 0.1) is 12.0 Å². The first-order valence-corrected chi connectivity index (χ1v) is 4.44. The molecule has 0 spiro atoms. The summed E-state index contributed by atoms with van der Waals surface area (Å²) in [6, 6.07) is 7.38. The van der Waals surface area contributed by atoms with Gasteiger partial charge in [-0.2, -0.15) is 5.10 Å². The minimum atomic E-state index is -0.456. The van der Waals surface area contributed by atoms with Crippen molar-refractivity contribution >= 4 is 15.9 Å². The van der Waals surface area contributed by atoms with Crippen LogP contribution in [0.4, 0.5) is 4.39 Å². The van der Waals surface area contributed by atoms with Gasteiger partial charge in [-0.15, -0.1) is 0 Å². The Balaban J connectivity index is 2.41. The lowest BCUT2D eigenvalue weighted by Gasteiger charge is -1.98. The van der Waals surface area contributed by atoms with E-state index in [1.54, 1.807) is 0 Å². The van der Waals surface area contributed by atoms with Crippen molar-refractivity contribution in [1.29, 1.82) is 0 Å². The lowest BCUT2D eigenvalue weighted by atomic mass is 10.3. The largest absolute Gasteiger partial charge is 0.228 e. The standard InChI is InChI=1S/C9H5BrFN2/c10-7-1-3-9(4-2-7)13-6-8(11)5-12-13/h1-5H. The molecule has 0 unspecified atom stereocenters. The van der Waals surface area contributed by atoms with Crippen LogP contribution in [0.5, 0.6) is 0 Å². The molecule has 0 fully saturated rings. The van der Waals surface area contributed by atoms with E-state index in [-0.39, 0.29) is 0 Å². The summed E-state index contributed by atoms with van der Waals surface area (Å²) in [7, 11) is 0. The average molecular weight is 240 g/mol. The fraction of sp³-hybridized carbons (Fsp3) is 0. The molecule has 1 aromatic carbocycles. The van der Waals surface area contributed by atoms with Gasteiger partial charge in [0.1, 0.15) is 6.20 Å². The van der Waals surface area contributed by atoms with Crippen LogP contribution in [0.2, 0.25) is 0 Å². The van der Waals surface area contributed by atoms with Crippen molar-refractivity contribution < 1.29 is 4.39 Å². The topological polar surface area (TPSA) is 17.8 Å². The third-order valence-corrected chi connectivity index (χ3v) is 2.10. The third kappa shape index (κ3) is 1.78. The maximum absolute atomic E-state index is 12.5. The highest BCUT2D eigenvalue weighted by Crippen LogP contribution is 2.13. The molecule has 0 saturated carbocycles. The zero-order valence-electron chi connectivity index (χ0n) is 6.54. The average Bonchev–Trinajstić information content (AvgIpc) is 2.53. The molecule has 0 amide bonds. The molecule has 0 aliphatic rings. The van der Waals surface area contributed by atoms with E-state index in [0.717, 1.165) is 16.4 Å². The molecule has 2 aromatic rings. The molecular formula is C9H5BrFN2. The van der Waals surface area contributed by atoms with Gasteiger partial charge in [-0.1, -0.05) is 15.9 Å². The van der Waals surface area contributed by atoms with Crippen molar-refractivity contribution in [1.82, 2.24) is 9.78 Å². The van der Waals surface area contributed by atoms with E-state index < -0.39 is 5.82 Å². The van der Waals surface area contributed by atoms with Crippen molar-refractivity contribution in [3.05, 3.63) is 46.9 Å². The number of hydrogen-bond donors (Lipinski definition) is 0. The van der Waals surface area contributed by atoms with Gasteiger partial charge in [-0.25, -0.2) is 9.07 Å². The molecule has 0 atom stereocenters. The summed E-state index contributed by atoms with van der Waals surface area (Å²) < 4.78 is 14.9. The van der Waals surface area contributed by atoms with Gasteiger partial charge in [-0.05, 0) is 24.3 Å². The second-order valence-electron chi connectivity index (χ2n) is 2.49.